The van der Waals surface area contributed by atoms with Gasteiger partial charge in [0.15, 0.2) is 0 Å². The van der Waals surface area contributed by atoms with Gasteiger partial charge in [-0.05, 0) is 62.7 Å². The Labute approximate surface area is 146 Å². The third-order valence-electron chi connectivity index (χ3n) is 5.98. The van der Waals surface area contributed by atoms with Crippen LogP contribution in [0.5, 0.6) is 0 Å². The molecule has 0 aliphatic heterocycles. The lowest BCUT2D eigenvalue weighted by Crippen LogP contribution is -2.50. The van der Waals surface area contributed by atoms with Crippen molar-refractivity contribution in [3.8, 4) is 0 Å². The van der Waals surface area contributed by atoms with Crippen molar-refractivity contribution in [2.45, 2.75) is 62.5 Å². The number of hydrogen-bond donors (Lipinski definition) is 1. The van der Waals surface area contributed by atoms with Crippen LogP contribution in [0.25, 0.3) is 0 Å². The average molecular weight is 386 g/mol. The molecule has 1 N–H and O–H groups in total. The zero-order chi connectivity index (χ0) is 18.5. The van der Waals surface area contributed by atoms with E-state index in [1.54, 1.807) is 0 Å². The van der Waals surface area contributed by atoms with Gasteiger partial charge in [-0.1, -0.05) is 0 Å². The van der Waals surface area contributed by atoms with Gasteiger partial charge in [-0.25, -0.2) is 4.21 Å². The smallest absolute Gasteiger partial charge is 0.406 e. The fourth-order valence-corrected chi connectivity index (χ4v) is 5.60. The van der Waals surface area contributed by atoms with Crippen LogP contribution in [0.15, 0.2) is 0 Å². The normalized spacial score (nSPS) is 35.6. The average Bonchev–Trinajstić information content (AvgIpc) is 2.49. The van der Waals surface area contributed by atoms with Crippen molar-refractivity contribution >= 4 is 17.0 Å². The van der Waals surface area contributed by atoms with Gasteiger partial charge in [0.25, 0.3) is 0 Å². The van der Waals surface area contributed by atoms with Gasteiger partial charge >= 0.3 is 17.1 Å². The standard InChI is InChI=1S/C16H22F4O4S/c17-15(18,16(19,20)25(22)23)2-1-3-24-13(21)14-7-10-4-11(8-14)6-12(5-10)9-14/h10-12H,1-9H2,(H,22,23). The van der Waals surface area contributed by atoms with Crippen molar-refractivity contribution in [3.05, 3.63) is 0 Å². The van der Waals surface area contributed by atoms with Gasteiger partial charge in [0.1, 0.15) is 0 Å². The molecule has 4 saturated carbocycles. The number of carbonyl (C=O) groups excluding carboxylic acids is 1. The molecular formula is C16H22F4O4S. The number of esters is 1. The highest BCUT2D eigenvalue weighted by atomic mass is 32.2. The molecule has 0 aromatic rings. The van der Waals surface area contributed by atoms with Gasteiger partial charge in [0, 0.05) is 6.42 Å². The van der Waals surface area contributed by atoms with Crippen molar-refractivity contribution < 1.29 is 35.9 Å². The third kappa shape index (κ3) is 3.46. The fraction of sp³-hybridized carbons (Fsp3) is 0.938. The van der Waals surface area contributed by atoms with Crippen LogP contribution in [0.4, 0.5) is 17.6 Å². The van der Waals surface area contributed by atoms with E-state index in [9.17, 15) is 26.6 Å². The number of ether oxygens (including phenoxy) is 1. The third-order valence-corrected chi connectivity index (χ3v) is 6.72. The van der Waals surface area contributed by atoms with Crippen molar-refractivity contribution in [2.75, 3.05) is 6.61 Å². The van der Waals surface area contributed by atoms with Crippen molar-refractivity contribution in [3.63, 3.8) is 0 Å². The van der Waals surface area contributed by atoms with Crippen LogP contribution in [0.3, 0.4) is 0 Å². The Morgan fingerprint density at radius 2 is 1.56 bits per heavy atom. The molecule has 0 saturated heterocycles. The molecule has 0 radical (unpaired) electrons. The molecule has 0 aromatic heterocycles. The minimum atomic E-state index is -5.02. The minimum Gasteiger partial charge on any atom is -0.465 e. The predicted molar refractivity (Wildman–Crippen MR) is 81.5 cm³/mol. The summed E-state index contributed by atoms with van der Waals surface area (Å²) >= 11 is -3.96. The van der Waals surface area contributed by atoms with Gasteiger partial charge in [-0.15, -0.1) is 0 Å². The molecule has 1 atom stereocenters. The van der Waals surface area contributed by atoms with E-state index in [4.69, 9.17) is 9.29 Å². The predicted octanol–water partition coefficient (Wildman–Crippen LogP) is 3.98. The molecule has 0 aromatic carbocycles. The van der Waals surface area contributed by atoms with Crippen LogP contribution < -0.4 is 0 Å². The Balaban J connectivity index is 1.50. The van der Waals surface area contributed by atoms with Crippen LogP contribution in [0.1, 0.15) is 51.4 Å². The van der Waals surface area contributed by atoms with Crippen LogP contribution in [-0.4, -0.2) is 32.5 Å². The summed E-state index contributed by atoms with van der Waals surface area (Å²) in [7, 11) is 0. The SMILES string of the molecule is O=C(OCCCC(F)(F)C(F)(F)S(=O)O)C12CC3CC(CC(C3)C1)C2. The molecule has 0 amide bonds. The molecule has 25 heavy (non-hydrogen) atoms. The first-order valence-corrected chi connectivity index (χ1v) is 9.70. The second kappa shape index (κ2) is 6.48. The van der Waals surface area contributed by atoms with Crippen LogP contribution in [0.2, 0.25) is 0 Å². The van der Waals surface area contributed by atoms with E-state index in [1.807, 2.05) is 0 Å². The first-order chi connectivity index (χ1) is 11.6. The van der Waals surface area contributed by atoms with Gasteiger partial charge in [-0.3, -0.25) is 4.79 Å². The maximum Gasteiger partial charge on any atom is 0.406 e. The van der Waals surface area contributed by atoms with E-state index in [2.05, 4.69) is 0 Å². The first-order valence-electron chi connectivity index (χ1n) is 8.59. The van der Waals surface area contributed by atoms with Crippen LogP contribution >= 0.6 is 0 Å². The molecule has 9 heteroatoms. The van der Waals surface area contributed by atoms with E-state index in [0.717, 1.165) is 38.5 Å². The second-order valence-electron chi connectivity index (χ2n) is 7.91. The molecule has 4 bridgehead atoms. The summed E-state index contributed by atoms with van der Waals surface area (Å²) in [6.07, 6.45) is 3.95. The van der Waals surface area contributed by atoms with Gasteiger partial charge in [0.2, 0.25) is 11.1 Å². The molecule has 4 nitrogen and oxygen atoms in total. The highest BCUT2D eigenvalue weighted by molar-refractivity contribution is 7.80. The van der Waals surface area contributed by atoms with Crippen molar-refractivity contribution in [1.29, 1.82) is 0 Å². The van der Waals surface area contributed by atoms with Gasteiger partial charge in [0.05, 0.1) is 12.0 Å². The Morgan fingerprint density at radius 3 is 2.00 bits per heavy atom. The number of alkyl halides is 4. The molecule has 4 rings (SSSR count). The maximum absolute atomic E-state index is 13.3. The summed E-state index contributed by atoms with van der Waals surface area (Å²) < 4.78 is 76.5. The lowest BCUT2D eigenvalue weighted by Gasteiger charge is -2.55. The lowest BCUT2D eigenvalue weighted by molar-refractivity contribution is -0.176. The highest BCUT2D eigenvalue weighted by Crippen LogP contribution is 2.60. The summed E-state index contributed by atoms with van der Waals surface area (Å²) in [5.41, 5.74) is -0.520. The van der Waals surface area contributed by atoms with Crippen LogP contribution in [-0.2, 0) is 20.6 Å². The number of hydrogen-bond acceptors (Lipinski definition) is 3. The topological polar surface area (TPSA) is 63.6 Å². The second-order valence-corrected chi connectivity index (χ2v) is 8.92. The molecule has 144 valence electrons. The van der Waals surface area contributed by atoms with E-state index < -0.39 is 46.5 Å². The molecule has 0 heterocycles. The van der Waals surface area contributed by atoms with Crippen molar-refractivity contribution in [1.82, 2.24) is 0 Å². The quantitative estimate of drug-likeness (QED) is 0.311. The first kappa shape index (κ1) is 19.1. The maximum atomic E-state index is 13.3. The number of rotatable bonds is 7. The van der Waals surface area contributed by atoms with Crippen molar-refractivity contribution in [2.24, 2.45) is 23.2 Å². The molecule has 4 aliphatic carbocycles. The Bertz CT molecular complexity index is 531. The van der Waals surface area contributed by atoms with Crippen LogP contribution in [0, 0.1) is 23.2 Å². The number of carbonyl (C=O) groups is 1. The summed E-state index contributed by atoms with van der Waals surface area (Å²) in [5, 5.41) is -5.02. The molecule has 1 unspecified atom stereocenters. The zero-order valence-corrected chi connectivity index (χ0v) is 14.5. The number of halogens is 4. The Hall–Kier alpha value is -0.700. The lowest BCUT2D eigenvalue weighted by atomic mass is 9.49. The Kier molecular flexibility index (Phi) is 4.94. The molecule has 4 fully saturated rings. The van der Waals surface area contributed by atoms with E-state index in [0.29, 0.717) is 17.8 Å². The summed E-state index contributed by atoms with van der Waals surface area (Å²) in [6.45, 7) is -0.385. The van der Waals surface area contributed by atoms with Gasteiger partial charge in [-0.2, -0.15) is 17.6 Å². The van der Waals surface area contributed by atoms with Gasteiger partial charge < -0.3 is 9.29 Å². The molecule has 0 spiro atoms. The highest BCUT2D eigenvalue weighted by Gasteiger charge is 2.60. The van der Waals surface area contributed by atoms with E-state index in [1.165, 1.54) is 0 Å². The fourth-order valence-electron chi connectivity index (χ4n) is 5.25. The Morgan fingerprint density at radius 1 is 1.08 bits per heavy atom. The zero-order valence-electron chi connectivity index (χ0n) is 13.7. The summed E-state index contributed by atoms with van der Waals surface area (Å²) in [5.74, 6) is -3.43. The summed E-state index contributed by atoms with van der Waals surface area (Å²) in [6, 6.07) is 0. The largest absolute Gasteiger partial charge is 0.465 e. The monoisotopic (exact) mass is 386 g/mol. The molecular weight excluding hydrogens is 364 g/mol. The van der Waals surface area contributed by atoms with E-state index >= 15 is 0 Å². The summed E-state index contributed by atoms with van der Waals surface area (Å²) in [4.78, 5) is 12.5. The minimum absolute atomic E-state index is 0.385. The van der Waals surface area contributed by atoms with E-state index in [-0.39, 0.29) is 6.61 Å². The molecule has 4 aliphatic rings.